The maximum atomic E-state index is 13.2. The molecule has 1 heterocycles. The van der Waals surface area contributed by atoms with Crippen molar-refractivity contribution in [1.29, 1.82) is 0 Å². The van der Waals surface area contributed by atoms with Gasteiger partial charge in [-0.1, -0.05) is 30.3 Å². The predicted molar refractivity (Wildman–Crippen MR) is 125 cm³/mol. The third-order valence-electron chi connectivity index (χ3n) is 5.63. The van der Waals surface area contributed by atoms with Crippen LogP contribution in [0, 0.1) is 0 Å². The highest BCUT2D eigenvalue weighted by Gasteiger charge is 2.33. The summed E-state index contributed by atoms with van der Waals surface area (Å²) in [4.78, 5) is 27.2. The third kappa shape index (κ3) is 5.40. The second-order valence-corrected chi connectivity index (χ2v) is 7.93. The van der Waals surface area contributed by atoms with E-state index in [0.717, 1.165) is 30.2 Å². The Morgan fingerprint density at radius 2 is 1.74 bits per heavy atom. The molecule has 182 valence electrons. The van der Waals surface area contributed by atoms with E-state index in [4.69, 9.17) is 9.47 Å². The Morgan fingerprint density at radius 3 is 2.51 bits per heavy atom. The van der Waals surface area contributed by atoms with Crippen LogP contribution in [-0.2, 0) is 17.4 Å². The number of ether oxygens (including phenoxy) is 2. The maximum Gasteiger partial charge on any atom is 0.418 e. The van der Waals surface area contributed by atoms with E-state index in [2.05, 4.69) is 5.32 Å². The zero-order valence-corrected chi connectivity index (χ0v) is 18.9. The van der Waals surface area contributed by atoms with Gasteiger partial charge >= 0.3 is 6.18 Å². The van der Waals surface area contributed by atoms with Crippen LogP contribution in [0.1, 0.15) is 27.9 Å². The molecule has 1 aliphatic heterocycles. The number of benzene rings is 3. The van der Waals surface area contributed by atoms with Gasteiger partial charge < -0.3 is 19.7 Å². The molecule has 1 aliphatic rings. The molecular formula is C26H23F3N2O4. The molecule has 0 fully saturated rings. The van der Waals surface area contributed by atoms with E-state index in [-0.39, 0.29) is 23.1 Å². The average Bonchev–Trinajstić information content (AvgIpc) is 2.86. The minimum Gasteiger partial charge on any atom is -0.493 e. The molecule has 0 saturated heterocycles. The summed E-state index contributed by atoms with van der Waals surface area (Å²) in [6, 6.07) is 17.0. The van der Waals surface area contributed by atoms with Crippen LogP contribution in [0.25, 0.3) is 0 Å². The molecule has 0 radical (unpaired) electrons. The summed E-state index contributed by atoms with van der Waals surface area (Å²) in [6.07, 6.45) is -2.84. The summed E-state index contributed by atoms with van der Waals surface area (Å²) in [6.45, 7) is 0.0470. The highest BCUT2D eigenvalue weighted by atomic mass is 19.4. The van der Waals surface area contributed by atoms with Crippen LogP contribution in [0.15, 0.2) is 66.7 Å². The molecule has 0 bridgehead atoms. The lowest BCUT2D eigenvalue weighted by molar-refractivity contribution is -0.137. The standard InChI is InChI=1S/C26H23F3N2O4/c1-34-23-15-18(25(33)31-14-6-8-17-7-2-5-11-21(17)31)12-13-22(23)35-16-24(32)30-20-10-4-3-9-19(20)26(27,28)29/h2-5,7,9-13,15H,6,8,14,16H2,1H3,(H,30,32). The van der Waals surface area contributed by atoms with Crippen LogP contribution >= 0.6 is 0 Å². The SMILES string of the molecule is COc1cc(C(=O)N2CCCc3ccccc32)ccc1OCC(=O)Nc1ccccc1C(F)(F)F. The number of anilines is 2. The Hall–Kier alpha value is -4.01. The summed E-state index contributed by atoms with van der Waals surface area (Å²) in [7, 11) is 1.40. The fourth-order valence-corrected chi connectivity index (χ4v) is 3.99. The largest absolute Gasteiger partial charge is 0.493 e. The molecule has 9 heteroatoms. The Bertz CT molecular complexity index is 1240. The number of alkyl halides is 3. The van der Waals surface area contributed by atoms with Crippen molar-refractivity contribution in [3.8, 4) is 11.5 Å². The van der Waals surface area contributed by atoms with Crippen LogP contribution < -0.4 is 19.7 Å². The molecule has 0 aromatic heterocycles. The molecule has 0 unspecified atom stereocenters. The first kappa shape index (κ1) is 24.1. The van der Waals surface area contributed by atoms with Crippen molar-refractivity contribution < 1.29 is 32.2 Å². The molecule has 0 spiro atoms. The highest BCUT2D eigenvalue weighted by Crippen LogP contribution is 2.35. The number of aryl methyl sites for hydroxylation is 1. The van der Waals surface area contributed by atoms with Crippen molar-refractivity contribution in [3.63, 3.8) is 0 Å². The van der Waals surface area contributed by atoms with E-state index in [0.29, 0.717) is 12.1 Å². The Morgan fingerprint density at radius 1 is 1.00 bits per heavy atom. The van der Waals surface area contributed by atoms with Crippen molar-refractivity contribution in [2.24, 2.45) is 0 Å². The van der Waals surface area contributed by atoms with E-state index in [1.54, 1.807) is 11.0 Å². The lowest BCUT2D eigenvalue weighted by atomic mass is 10.0. The first-order chi connectivity index (χ1) is 16.8. The van der Waals surface area contributed by atoms with Crippen LogP contribution in [-0.4, -0.2) is 32.1 Å². The van der Waals surface area contributed by atoms with Crippen molar-refractivity contribution in [1.82, 2.24) is 0 Å². The molecule has 3 aromatic rings. The number of methoxy groups -OCH3 is 1. The average molecular weight is 484 g/mol. The summed E-state index contributed by atoms with van der Waals surface area (Å²) in [5, 5.41) is 2.22. The quantitative estimate of drug-likeness (QED) is 0.514. The number of hydrogen-bond donors (Lipinski definition) is 1. The van der Waals surface area contributed by atoms with Gasteiger partial charge in [0.05, 0.1) is 18.4 Å². The molecule has 0 saturated carbocycles. The second-order valence-electron chi connectivity index (χ2n) is 7.93. The van der Waals surface area contributed by atoms with Crippen LogP contribution in [0.2, 0.25) is 0 Å². The third-order valence-corrected chi connectivity index (χ3v) is 5.63. The van der Waals surface area contributed by atoms with Gasteiger partial charge in [-0.15, -0.1) is 0 Å². The molecule has 6 nitrogen and oxygen atoms in total. The summed E-state index contributed by atoms with van der Waals surface area (Å²) >= 11 is 0. The zero-order valence-electron chi connectivity index (χ0n) is 18.9. The van der Waals surface area contributed by atoms with Crippen molar-refractivity contribution in [2.45, 2.75) is 19.0 Å². The van der Waals surface area contributed by atoms with Gasteiger partial charge in [-0.25, -0.2) is 0 Å². The Labute approximate surface area is 200 Å². The first-order valence-electron chi connectivity index (χ1n) is 10.9. The first-order valence-corrected chi connectivity index (χ1v) is 10.9. The molecular weight excluding hydrogens is 461 g/mol. The fourth-order valence-electron chi connectivity index (χ4n) is 3.99. The minimum atomic E-state index is -4.61. The second kappa shape index (κ2) is 10.1. The number of nitrogens with zero attached hydrogens (tertiary/aromatic N) is 1. The van der Waals surface area contributed by atoms with Gasteiger partial charge in [0.1, 0.15) is 0 Å². The van der Waals surface area contributed by atoms with Gasteiger partial charge in [-0.2, -0.15) is 13.2 Å². The lowest BCUT2D eigenvalue weighted by Crippen LogP contribution is -2.35. The fraction of sp³-hybridized carbons (Fsp3) is 0.231. The monoisotopic (exact) mass is 484 g/mol. The molecule has 0 aliphatic carbocycles. The lowest BCUT2D eigenvalue weighted by Gasteiger charge is -2.29. The van der Waals surface area contributed by atoms with E-state index in [9.17, 15) is 22.8 Å². The van der Waals surface area contributed by atoms with Crippen molar-refractivity contribution in [3.05, 3.63) is 83.4 Å². The van der Waals surface area contributed by atoms with Gasteiger partial charge in [0.15, 0.2) is 18.1 Å². The number of nitrogens with one attached hydrogen (secondary N) is 1. The van der Waals surface area contributed by atoms with Crippen molar-refractivity contribution >= 4 is 23.2 Å². The number of carbonyl (C=O) groups is 2. The Balaban J connectivity index is 1.45. The number of hydrogen-bond acceptors (Lipinski definition) is 4. The number of para-hydroxylation sites is 2. The van der Waals surface area contributed by atoms with Gasteiger partial charge in [-0.3, -0.25) is 9.59 Å². The van der Waals surface area contributed by atoms with Gasteiger partial charge in [-0.05, 0) is 54.8 Å². The highest BCUT2D eigenvalue weighted by molar-refractivity contribution is 6.07. The van der Waals surface area contributed by atoms with Crippen LogP contribution in [0.4, 0.5) is 24.5 Å². The van der Waals surface area contributed by atoms with Gasteiger partial charge in [0, 0.05) is 17.8 Å². The molecule has 2 amide bonds. The summed E-state index contributed by atoms with van der Waals surface area (Å²) in [5.41, 5.74) is 1.06. The summed E-state index contributed by atoms with van der Waals surface area (Å²) in [5.74, 6) is -0.552. The van der Waals surface area contributed by atoms with E-state index < -0.39 is 24.3 Å². The number of halogens is 3. The molecule has 1 N–H and O–H groups in total. The Kier molecular flexibility index (Phi) is 6.95. The smallest absolute Gasteiger partial charge is 0.418 e. The zero-order chi connectivity index (χ0) is 25.0. The summed E-state index contributed by atoms with van der Waals surface area (Å²) < 4.78 is 50.2. The molecule has 35 heavy (non-hydrogen) atoms. The van der Waals surface area contributed by atoms with Crippen LogP contribution in [0.5, 0.6) is 11.5 Å². The number of rotatable bonds is 6. The van der Waals surface area contributed by atoms with Crippen LogP contribution in [0.3, 0.4) is 0 Å². The molecule has 4 rings (SSSR count). The number of fused-ring (bicyclic) bond motifs is 1. The molecule has 3 aromatic carbocycles. The molecule has 0 atom stereocenters. The number of carbonyl (C=O) groups excluding carboxylic acids is 2. The van der Waals surface area contributed by atoms with Gasteiger partial charge in [0.2, 0.25) is 0 Å². The van der Waals surface area contributed by atoms with Crippen molar-refractivity contribution in [2.75, 3.05) is 30.5 Å². The topological polar surface area (TPSA) is 67.9 Å². The van der Waals surface area contributed by atoms with E-state index in [1.807, 2.05) is 24.3 Å². The predicted octanol–water partition coefficient (Wildman–Crippen LogP) is 5.32. The number of amides is 2. The van der Waals surface area contributed by atoms with E-state index in [1.165, 1.54) is 37.4 Å². The van der Waals surface area contributed by atoms with E-state index >= 15 is 0 Å². The maximum absolute atomic E-state index is 13.2. The minimum absolute atomic E-state index is 0.183. The van der Waals surface area contributed by atoms with Gasteiger partial charge in [0.25, 0.3) is 11.8 Å². The normalized spacial score (nSPS) is 13.1.